The lowest BCUT2D eigenvalue weighted by Crippen LogP contribution is -2.38. The van der Waals surface area contributed by atoms with Crippen molar-refractivity contribution in [1.82, 2.24) is 5.32 Å². The van der Waals surface area contributed by atoms with Crippen LogP contribution in [-0.4, -0.2) is 24.2 Å². The molecule has 0 saturated heterocycles. The molecule has 1 aromatic rings. The van der Waals surface area contributed by atoms with Crippen LogP contribution in [0.15, 0.2) is 22.8 Å². The predicted octanol–water partition coefficient (Wildman–Crippen LogP) is 1.88. The fourth-order valence-corrected chi connectivity index (χ4v) is 2.58. The summed E-state index contributed by atoms with van der Waals surface area (Å²) in [5.74, 6) is 0.869. The first-order valence-corrected chi connectivity index (χ1v) is 6.64. The molecule has 1 fully saturated rings. The van der Waals surface area contributed by atoms with Gasteiger partial charge in [0.05, 0.1) is 12.9 Å². The molecule has 4 heteroatoms. The van der Waals surface area contributed by atoms with Crippen molar-refractivity contribution in [3.63, 3.8) is 0 Å². The average molecular weight is 251 g/mol. The zero-order valence-corrected chi connectivity index (χ0v) is 10.7. The highest BCUT2D eigenvalue weighted by molar-refractivity contribution is 5.76. The summed E-state index contributed by atoms with van der Waals surface area (Å²) in [4.78, 5) is 11.7. The third-order valence-corrected chi connectivity index (χ3v) is 3.84. The molecular weight excluding hydrogens is 230 g/mol. The van der Waals surface area contributed by atoms with Crippen molar-refractivity contribution in [3.05, 3.63) is 24.2 Å². The fourth-order valence-electron chi connectivity index (χ4n) is 2.58. The summed E-state index contributed by atoms with van der Waals surface area (Å²) in [6.07, 6.45) is 7.03. The van der Waals surface area contributed by atoms with E-state index in [0.717, 1.165) is 31.4 Å². The number of aryl methyl sites for hydroxylation is 1. The van der Waals surface area contributed by atoms with E-state index in [1.54, 1.807) is 6.26 Å². The van der Waals surface area contributed by atoms with Gasteiger partial charge in [-0.05, 0) is 25.0 Å². The summed E-state index contributed by atoms with van der Waals surface area (Å²) in [7, 11) is 0. The average Bonchev–Trinajstić information content (AvgIpc) is 3.06. The van der Waals surface area contributed by atoms with Gasteiger partial charge in [-0.3, -0.25) is 4.79 Å². The summed E-state index contributed by atoms with van der Waals surface area (Å²) in [5, 5.41) is 12.4. The van der Waals surface area contributed by atoms with E-state index in [-0.39, 0.29) is 17.9 Å². The Bertz CT molecular complexity index is 366. The van der Waals surface area contributed by atoms with Crippen LogP contribution in [0, 0.1) is 5.41 Å². The Hall–Kier alpha value is -1.29. The van der Waals surface area contributed by atoms with Crippen LogP contribution in [-0.2, 0) is 11.2 Å². The molecule has 1 aromatic heterocycles. The van der Waals surface area contributed by atoms with E-state index in [1.807, 2.05) is 12.1 Å². The lowest BCUT2D eigenvalue weighted by Gasteiger charge is -2.26. The van der Waals surface area contributed by atoms with Crippen molar-refractivity contribution in [3.8, 4) is 0 Å². The van der Waals surface area contributed by atoms with Crippen molar-refractivity contribution < 1.29 is 14.3 Å². The van der Waals surface area contributed by atoms with Crippen molar-refractivity contribution in [2.45, 2.75) is 38.5 Å². The number of rotatable bonds is 6. The van der Waals surface area contributed by atoms with Gasteiger partial charge >= 0.3 is 0 Å². The Morgan fingerprint density at radius 1 is 1.44 bits per heavy atom. The monoisotopic (exact) mass is 251 g/mol. The van der Waals surface area contributed by atoms with E-state index in [1.165, 1.54) is 0 Å². The van der Waals surface area contributed by atoms with Crippen LogP contribution in [0.4, 0.5) is 0 Å². The van der Waals surface area contributed by atoms with Crippen LogP contribution in [0.25, 0.3) is 0 Å². The summed E-state index contributed by atoms with van der Waals surface area (Å²) >= 11 is 0. The van der Waals surface area contributed by atoms with Crippen LogP contribution in [0.3, 0.4) is 0 Å². The first-order chi connectivity index (χ1) is 8.74. The van der Waals surface area contributed by atoms with E-state index < -0.39 is 0 Å². The molecule has 2 N–H and O–H groups in total. The Morgan fingerprint density at radius 3 is 2.83 bits per heavy atom. The highest BCUT2D eigenvalue weighted by Crippen LogP contribution is 2.36. The fraction of sp³-hybridized carbons (Fsp3) is 0.643. The van der Waals surface area contributed by atoms with Gasteiger partial charge < -0.3 is 14.8 Å². The molecule has 0 aliphatic heterocycles. The van der Waals surface area contributed by atoms with Crippen molar-refractivity contribution in [2.24, 2.45) is 5.41 Å². The highest BCUT2D eigenvalue weighted by Gasteiger charge is 2.33. The lowest BCUT2D eigenvalue weighted by molar-refractivity contribution is -0.121. The number of hydrogen-bond acceptors (Lipinski definition) is 3. The van der Waals surface area contributed by atoms with E-state index in [4.69, 9.17) is 4.42 Å². The largest absolute Gasteiger partial charge is 0.469 e. The van der Waals surface area contributed by atoms with Crippen LogP contribution in [0.2, 0.25) is 0 Å². The normalized spacial score (nSPS) is 17.8. The Morgan fingerprint density at radius 2 is 2.22 bits per heavy atom. The molecule has 0 aromatic carbocycles. The second kappa shape index (κ2) is 6.05. The Balaban J connectivity index is 1.71. The van der Waals surface area contributed by atoms with Crippen LogP contribution >= 0.6 is 0 Å². The quantitative estimate of drug-likeness (QED) is 0.811. The van der Waals surface area contributed by atoms with Crippen LogP contribution in [0.5, 0.6) is 0 Å². The van der Waals surface area contributed by atoms with Gasteiger partial charge in [0.25, 0.3) is 0 Å². The van der Waals surface area contributed by atoms with Crippen molar-refractivity contribution in [1.29, 1.82) is 0 Å². The molecule has 0 atom stereocenters. The van der Waals surface area contributed by atoms with E-state index in [2.05, 4.69) is 5.32 Å². The molecular formula is C14H21NO3. The van der Waals surface area contributed by atoms with Gasteiger partial charge in [-0.15, -0.1) is 0 Å². The van der Waals surface area contributed by atoms with Gasteiger partial charge in [0.15, 0.2) is 0 Å². The van der Waals surface area contributed by atoms with Crippen LogP contribution < -0.4 is 5.32 Å². The molecule has 1 saturated carbocycles. The van der Waals surface area contributed by atoms with E-state index in [9.17, 15) is 9.90 Å². The van der Waals surface area contributed by atoms with Crippen molar-refractivity contribution >= 4 is 5.91 Å². The number of carbonyl (C=O) groups excluding carboxylic acids is 1. The standard InChI is InChI=1S/C14H21NO3/c16-11-14(7-1-2-8-14)10-15-13(17)6-5-12-4-3-9-18-12/h3-4,9,16H,1-2,5-8,10-11H2,(H,15,17). The second-order valence-corrected chi connectivity index (χ2v) is 5.22. The minimum atomic E-state index is -0.0691. The molecule has 4 nitrogen and oxygen atoms in total. The topological polar surface area (TPSA) is 62.5 Å². The minimum absolute atomic E-state index is 0.0334. The number of carbonyl (C=O) groups is 1. The number of aliphatic hydroxyl groups is 1. The molecule has 1 aliphatic carbocycles. The summed E-state index contributed by atoms with van der Waals surface area (Å²) < 4.78 is 5.18. The zero-order chi connectivity index (χ0) is 12.8. The molecule has 1 heterocycles. The maximum Gasteiger partial charge on any atom is 0.220 e. The van der Waals surface area contributed by atoms with Gasteiger partial charge in [-0.1, -0.05) is 12.8 Å². The second-order valence-electron chi connectivity index (χ2n) is 5.22. The van der Waals surface area contributed by atoms with E-state index in [0.29, 0.717) is 19.4 Å². The molecule has 100 valence electrons. The highest BCUT2D eigenvalue weighted by atomic mass is 16.3. The smallest absolute Gasteiger partial charge is 0.220 e. The molecule has 18 heavy (non-hydrogen) atoms. The molecule has 1 aliphatic rings. The summed E-state index contributed by atoms with van der Waals surface area (Å²) in [6.45, 7) is 0.770. The maximum absolute atomic E-state index is 11.7. The number of furan rings is 1. The van der Waals surface area contributed by atoms with Gasteiger partial charge in [0, 0.05) is 24.8 Å². The summed E-state index contributed by atoms with van der Waals surface area (Å²) in [6, 6.07) is 3.70. The third-order valence-electron chi connectivity index (χ3n) is 3.84. The SMILES string of the molecule is O=C(CCc1ccco1)NCC1(CO)CCCC1. The maximum atomic E-state index is 11.7. The summed E-state index contributed by atoms with van der Waals surface area (Å²) in [5.41, 5.74) is -0.0691. The number of aliphatic hydroxyl groups excluding tert-OH is 1. The molecule has 0 bridgehead atoms. The zero-order valence-electron chi connectivity index (χ0n) is 10.7. The van der Waals surface area contributed by atoms with Crippen LogP contribution in [0.1, 0.15) is 37.9 Å². The predicted molar refractivity (Wildman–Crippen MR) is 68.0 cm³/mol. The molecule has 0 spiro atoms. The molecule has 2 rings (SSSR count). The van der Waals surface area contributed by atoms with Gasteiger partial charge in [0.1, 0.15) is 5.76 Å². The van der Waals surface area contributed by atoms with Crippen molar-refractivity contribution in [2.75, 3.05) is 13.2 Å². The number of amides is 1. The third kappa shape index (κ3) is 3.35. The van der Waals surface area contributed by atoms with Gasteiger partial charge in [0.2, 0.25) is 5.91 Å². The first kappa shape index (κ1) is 13.1. The Labute approximate surface area is 107 Å². The molecule has 1 amide bonds. The molecule has 0 radical (unpaired) electrons. The van der Waals surface area contributed by atoms with E-state index >= 15 is 0 Å². The lowest BCUT2D eigenvalue weighted by atomic mass is 9.87. The first-order valence-electron chi connectivity index (χ1n) is 6.64. The Kier molecular flexibility index (Phi) is 4.42. The number of hydrogen-bond donors (Lipinski definition) is 2. The minimum Gasteiger partial charge on any atom is -0.469 e. The number of nitrogens with one attached hydrogen (secondary N) is 1. The molecule has 0 unspecified atom stereocenters. The van der Waals surface area contributed by atoms with Gasteiger partial charge in [-0.25, -0.2) is 0 Å². The van der Waals surface area contributed by atoms with Gasteiger partial charge in [-0.2, -0.15) is 0 Å².